The summed E-state index contributed by atoms with van der Waals surface area (Å²) in [5.41, 5.74) is 17.6. The molecule has 7 aromatic rings. The Balaban J connectivity index is 1.40. The first-order chi connectivity index (χ1) is 27.2. The van der Waals surface area contributed by atoms with Gasteiger partial charge in [0, 0.05) is 16.7 Å². The van der Waals surface area contributed by atoms with Crippen LogP contribution in [0.25, 0.3) is 67.3 Å². The molecule has 1 heterocycles. The quantitative estimate of drug-likeness (QED) is 0.169. The van der Waals surface area contributed by atoms with Crippen molar-refractivity contribution in [2.24, 2.45) is 0 Å². The second-order valence-electron chi connectivity index (χ2n) is 20.2. The topological polar surface area (TPSA) is 25.8 Å². The zero-order valence-corrected chi connectivity index (χ0v) is 36.8. The average Bonchev–Trinajstić information content (AvgIpc) is 3.19. The normalized spacial score (nSPS) is 12.5. The van der Waals surface area contributed by atoms with Crippen molar-refractivity contribution in [1.29, 1.82) is 0 Å². The van der Waals surface area contributed by atoms with Crippen molar-refractivity contribution in [2.45, 2.75) is 105 Å². The van der Waals surface area contributed by atoms with E-state index in [-0.39, 0.29) is 21.7 Å². The molecule has 7 rings (SSSR count). The molecule has 0 saturated heterocycles. The molecule has 294 valence electrons. The van der Waals surface area contributed by atoms with Crippen molar-refractivity contribution < 1.29 is 0 Å². The van der Waals surface area contributed by atoms with Crippen LogP contribution in [0.3, 0.4) is 0 Å². The Morgan fingerprint density at radius 1 is 0.259 bits per heavy atom. The van der Waals surface area contributed by atoms with E-state index in [1.807, 2.05) is 12.1 Å². The van der Waals surface area contributed by atoms with E-state index in [9.17, 15) is 0 Å². The Morgan fingerprint density at radius 2 is 0.552 bits per heavy atom. The van der Waals surface area contributed by atoms with Gasteiger partial charge in [-0.05, 0) is 102 Å². The van der Waals surface area contributed by atoms with Gasteiger partial charge in [-0.15, -0.1) is 0 Å². The van der Waals surface area contributed by atoms with E-state index in [2.05, 4.69) is 217 Å². The second-order valence-corrected chi connectivity index (χ2v) is 20.2. The number of benzene rings is 6. The summed E-state index contributed by atoms with van der Waals surface area (Å²) in [7, 11) is 0. The highest BCUT2D eigenvalue weighted by molar-refractivity contribution is 5.81. The molecule has 0 N–H and O–H groups in total. The summed E-state index contributed by atoms with van der Waals surface area (Å²) in [5.74, 6) is 0.712. The van der Waals surface area contributed by atoms with E-state index in [1.54, 1.807) is 0 Å². The Bertz CT molecular complexity index is 2480. The zero-order chi connectivity index (χ0) is 41.6. The first-order valence-electron chi connectivity index (χ1n) is 20.8. The van der Waals surface area contributed by atoms with Crippen LogP contribution in [0.4, 0.5) is 0 Å². The summed E-state index contributed by atoms with van der Waals surface area (Å²) in [6, 6.07) is 53.3. The van der Waals surface area contributed by atoms with E-state index in [4.69, 9.17) is 9.97 Å². The van der Waals surface area contributed by atoms with Crippen LogP contribution >= 0.6 is 0 Å². The molecule has 0 fully saturated rings. The summed E-state index contributed by atoms with van der Waals surface area (Å²) >= 11 is 0. The SMILES string of the molecule is CC(C)(C)c1cc(-c2cccc(-c3nc(-c4ccccc4)cc(-c4ccccc4)n3)c2)cc(-c2cc(-c3cc(C(C)(C)C)cc(C(C)(C)C)c3)cc(C(C)(C)C)c2)c1. The lowest BCUT2D eigenvalue weighted by Gasteiger charge is -2.27. The van der Waals surface area contributed by atoms with Crippen molar-refractivity contribution in [3.63, 3.8) is 0 Å². The van der Waals surface area contributed by atoms with Crippen LogP contribution in [0.15, 0.2) is 146 Å². The van der Waals surface area contributed by atoms with E-state index in [1.165, 1.54) is 50.1 Å². The number of nitrogens with zero attached hydrogens (tertiary/aromatic N) is 2. The molecule has 0 aliphatic rings. The molecule has 6 aromatic carbocycles. The Hall–Kier alpha value is -5.60. The summed E-state index contributed by atoms with van der Waals surface area (Å²) < 4.78 is 0. The third-order valence-corrected chi connectivity index (χ3v) is 11.2. The molecule has 0 aliphatic carbocycles. The predicted molar refractivity (Wildman–Crippen MR) is 249 cm³/mol. The van der Waals surface area contributed by atoms with E-state index < -0.39 is 0 Å². The number of rotatable bonds is 6. The third kappa shape index (κ3) is 9.08. The molecule has 0 aliphatic heterocycles. The van der Waals surface area contributed by atoms with Crippen molar-refractivity contribution in [2.75, 3.05) is 0 Å². The first-order valence-corrected chi connectivity index (χ1v) is 20.8. The number of hydrogen-bond donors (Lipinski definition) is 0. The van der Waals surface area contributed by atoms with Crippen LogP contribution < -0.4 is 0 Å². The summed E-state index contributed by atoms with van der Waals surface area (Å²) in [6.45, 7) is 27.8. The highest BCUT2D eigenvalue weighted by atomic mass is 14.9. The Labute approximate surface area is 348 Å². The fraction of sp³-hybridized carbons (Fsp3) is 0.286. The van der Waals surface area contributed by atoms with Crippen LogP contribution in [-0.4, -0.2) is 9.97 Å². The molecular weight excluding hydrogens is 701 g/mol. The molecule has 2 nitrogen and oxygen atoms in total. The average molecular weight is 761 g/mol. The van der Waals surface area contributed by atoms with Crippen molar-refractivity contribution >= 4 is 0 Å². The predicted octanol–water partition coefficient (Wildman–Crippen LogP) is 15.7. The molecule has 0 bridgehead atoms. The summed E-state index contributed by atoms with van der Waals surface area (Å²) in [5, 5.41) is 0. The molecule has 2 heteroatoms. The van der Waals surface area contributed by atoms with E-state index in [0.717, 1.165) is 33.6 Å². The van der Waals surface area contributed by atoms with Gasteiger partial charge in [0.15, 0.2) is 5.82 Å². The highest BCUT2D eigenvalue weighted by Gasteiger charge is 2.24. The van der Waals surface area contributed by atoms with E-state index in [0.29, 0.717) is 5.82 Å². The van der Waals surface area contributed by atoms with Crippen LogP contribution in [0.5, 0.6) is 0 Å². The van der Waals surface area contributed by atoms with Gasteiger partial charge >= 0.3 is 0 Å². The Morgan fingerprint density at radius 3 is 0.931 bits per heavy atom. The van der Waals surface area contributed by atoms with Crippen molar-refractivity contribution in [1.82, 2.24) is 9.97 Å². The lowest BCUT2D eigenvalue weighted by molar-refractivity contribution is 0.569. The molecular formula is C56H60N2. The van der Waals surface area contributed by atoms with Gasteiger partial charge in [0.05, 0.1) is 11.4 Å². The molecule has 0 amide bonds. The van der Waals surface area contributed by atoms with Crippen molar-refractivity contribution in [3.8, 4) is 67.3 Å². The molecule has 58 heavy (non-hydrogen) atoms. The zero-order valence-electron chi connectivity index (χ0n) is 36.8. The Kier molecular flexibility index (Phi) is 10.7. The van der Waals surface area contributed by atoms with Gasteiger partial charge in [-0.1, -0.05) is 204 Å². The van der Waals surface area contributed by atoms with Crippen LogP contribution in [0, 0.1) is 0 Å². The fourth-order valence-corrected chi connectivity index (χ4v) is 7.38. The van der Waals surface area contributed by atoms with Crippen LogP contribution in [-0.2, 0) is 21.7 Å². The molecule has 0 radical (unpaired) electrons. The lowest BCUT2D eigenvalue weighted by Crippen LogP contribution is -2.16. The molecule has 0 unspecified atom stereocenters. The smallest absolute Gasteiger partial charge is 0.160 e. The summed E-state index contributed by atoms with van der Waals surface area (Å²) in [4.78, 5) is 10.3. The fourth-order valence-electron chi connectivity index (χ4n) is 7.38. The maximum atomic E-state index is 5.16. The largest absolute Gasteiger partial charge is 0.228 e. The van der Waals surface area contributed by atoms with Gasteiger partial charge in [0.1, 0.15) is 0 Å². The first kappa shape index (κ1) is 40.6. The van der Waals surface area contributed by atoms with Gasteiger partial charge in [0.2, 0.25) is 0 Å². The minimum atomic E-state index is -0.0623. The van der Waals surface area contributed by atoms with Gasteiger partial charge < -0.3 is 0 Å². The van der Waals surface area contributed by atoms with Gasteiger partial charge in [-0.25, -0.2) is 9.97 Å². The minimum Gasteiger partial charge on any atom is -0.228 e. The highest BCUT2D eigenvalue weighted by Crippen LogP contribution is 2.40. The van der Waals surface area contributed by atoms with Gasteiger partial charge in [-0.3, -0.25) is 0 Å². The summed E-state index contributed by atoms with van der Waals surface area (Å²) in [6.07, 6.45) is 0. The molecule has 0 saturated carbocycles. The van der Waals surface area contributed by atoms with E-state index >= 15 is 0 Å². The lowest BCUT2D eigenvalue weighted by atomic mass is 9.77. The molecule has 0 atom stereocenters. The minimum absolute atomic E-state index is 0.0297. The monoisotopic (exact) mass is 760 g/mol. The molecule has 1 aromatic heterocycles. The van der Waals surface area contributed by atoms with Gasteiger partial charge in [-0.2, -0.15) is 0 Å². The van der Waals surface area contributed by atoms with Crippen LogP contribution in [0.2, 0.25) is 0 Å². The molecule has 0 spiro atoms. The maximum absolute atomic E-state index is 5.16. The number of aromatic nitrogens is 2. The number of hydrogen-bond acceptors (Lipinski definition) is 2. The van der Waals surface area contributed by atoms with Crippen molar-refractivity contribution in [3.05, 3.63) is 168 Å². The van der Waals surface area contributed by atoms with Gasteiger partial charge in [0.25, 0.3) is 0 Å². The maximum Gasteiger partial charge on any atom is 0.160 e. The standard InChI is InChI=1S/C56H60N2/c1-53(2,3)46-29-41(39-24-19-25-40(26-39)52-57-50(37-20-15-13-16-21-37)36-51(58-52)38-22-17-14-18-23-38)27-42(30-46)43-28-44(32-47(31-43)54(4,5)6)45-33-48(55(7,8)9)35-49(34-45)56(10,11)12/h13-36H,1-12H3. The second kappa shape index (κ2) is 15.3. The third-order valence-electron chi connectivity index (χ3n) is 11.2. The van der Waals surface area contributed by atoms with Crippen LogP contribution in [0.1, 0.15) is 105 Å².